The van der Waals surface area contributed by atoms with Gasteiger partial charge >= 0.3 is 6.36 Å². The number of halogens is 3. The molecule has 2 rings (SSSR count). The fourth-order valence-corrected chi connectivity index (χ4v) is 1.71. The molecule has 0 radical (unpaired) electrons. The second kappa shape index (κ2) is 5.81. The highest BCUT2D eigenvalue weighted by molar-refractivity contribution is 5.49. The lowest BCUT2D eigenvalue weighted by Gasteiger charge is -2.14. The van der Waals surface area contributed by atoms with Crippen LogP contribution in [0.2, 0.25) is 0 Å². The van der Waals surface area contributed by atoms with Crippen LogP contribution >= 0.6 is 0 Å². The minimum Gasteiger partial charge on any atom is -0.405 e. The van der Waals surface area contributed by atoms with Gasteiger partial charge in [-0.15, -0.1) is 13.2 Å². The molecule has 3 nitrogen and oxygen atoms in total. The number of nitrogens with zero attached hydrogens (tertiary/aromatic N) is 1. The molecule has 0 aliphatic carbocycles. The van der Waals surface area contributed by atoms with Crippen LogP contribution in [-0.2, 0) is 6.54 Å². The number of pyridine rings is 1. The Balaban J connectivity index is 2.12. The van der Waals surface area contributed by atoms with Gasteiger partial charge in [0.05, 0.1) is 11.9 Å². The number of aromatic nitrogens is 1. The first-order valence-corrected chi connectivity index (χ1v) is 5.94. The van der Waals surface area contributed by atoms with Crippen molar-refractivity contribution >= 4 is 5.69 Å². The van der Waals surface area contributed by atoms with Crippen LogP contribution in [0.15, 0.2) is 42.7 Å². The summed E-state index contributed by atoms with van der Waals surface area (Å²) >= 11 is 0. The molecular weight excluding hydrogens is 269 g/mol. The first-order chi connectivity index (χ1) is 9.46. The predicted octanol–water partition coefficient (Wildman–Crippen LogP) is 3.90. The molecule has 0 saturated carbocycles. The van der Waals surface area contributed by atoms with Gasteiger partial charge in [0.15, 0.2) is 0 Å². The summed E-state index contributed by atoms with van der Waals surface area (Å²) in [5.41, 5.74) is 2.16. The maximum atomic E-state index is 12.3. The molecule has 2 aromatic rings. The largest absolute Gasteiger partial charge is 0.573 e. The van der Waals surface area contributed by atoms with Crippen LogP contribution in [0.3, 0.4) is 0 Å². The van der Waals surface area contributed by atoms with E-state index in [9.17, 15) is 13.2 Å². The second-order valence-corrected chi connectivity index (χ2v) is 4.20. The molecular formula is C14H13F3N2O. The molecule has 1 N–H and O–H groups in total. The zero-order valence-electron chi connectivity index (χ0n) is 10.7. The number of hydrogen-bond donors (Lipinski definition) is 1. The monoisotopic (exact) mass is 282 g/mol. The molecule has 0 amide bonds. The van der Waals surface area contributed by atoms with E-state index in [1.807, 2.05) is 13.0 Å². The van der Waals surface area contributed by atoms with Crippen molar-refractivity contribution in [1.29, 1.82) is 0 Å². The normalized spacial score (nSPS) is 11.2. The first kappa shape index (κ1) is 14.2. The molecule has 106 valence electrons. The molecule has 1 aromatic carbocycles. The average Bonchev–Trinajstić information content (AvgIpc) is 2.37. The Hall–Kier alpha value is -2.24. The summed E-state index contributed by atoms with van der Waals surface area (Å²) in [5.74, 6) is -0.200. The van der Waals surface area contributed by atoms with E-state index in [1.165, 1.54) is 12.1 Å². The van der Waals surface area contributed by atoms with Crippen LogP contribution < -0.4 is 10.1 Å². The third-order valence-corrected chi connectivity index (χ3v) is 2.71. The summed E-state index contributed by atoms with van der Waals surface area (Å²) < 4.78 is 40.9. The zero-order valence-corrected chi connectivity index (χ0v) is 10.7. The average molecular weight is 282 g/mol. The first-order valence-electron chi connectivity index (χ1n) is 5.94. The van der Waals surface area contributed by atoms with E-state index in [1.54, 1.807) is 24.5 Å². The summed E-state index contributed by atoms with van der Waals surface area (Å²) in [6.07, 6.45) is -1.41. The molecule has 6 heteroatoms. The minimum atomic E-state index is -4.69. The van der Waals surface area contributed by atoms with Crippen LogP contribution in [0.5, 0.6) is 5.75 Å². The van der Waals surface area contributed by atoms with Crippen molar-refractivity contribution in [2.24, 2.45) is 0 Å². The third-order valence-electron chi connectivity index (χ3n) is 2.71. The van der Waals surface area contributed by atoms with Gasteiger partial charge in [-0.05, 0) is 24.6 Å². The Labute approximate surface area is 114 Å². The van der Waals surface area contributed by atoms with Crippen molar-refractivity contribution in [3.63, 3.8) is 0 Å². The Bertz CT molecular complexity index is 585. The number of hydrogen-bond acceptors (Lipinski definition) is 3. The molecule has 0 aliphatic rings. The van der Waals surface area contributed by atoms with E-state index >= 15 is 0 Å². The van der Waals surface area contributed by atoms with Gasteiger partial charge in [0, 0.05) is 18.3 Å². The highest BCUT2D eigenvalue weighted by Crippen LogP contribution is 2.27. The van der Waals surface area contributed by atoms with Crippen LogP contribution in [0, 0.1) is 6.92 Å². The number of ether oxygens (including phenoxy) is 1. The van der Waals surface area contributed by atoms with Crippen LogP contribution in [0.1, 0.15) is 11.1 Å². The molecule has 0 spiro atoms. The summed E-state index contributed by atoms with van der Waals surface area (Å²) in [5, 5.41) is 3.05. The van der Waals surface area contributed by atoms with E-state index in [2.05, 4.69) is 15.0 Å². The van der Waals surface area contributed by atoms with E-state index < -0.39 is 6.36 Å². The number of rotatable bonds is 4. The predicted molar refractivity (Wildman–Crippen MR) is 69.4 cm³/mol. The van der Waals surface area contributed by atoms with Gasteiger partial charge in [-0.3, -0.25) is 4.98 Å². The number of alkyl halides is 3. The summed E-state index contributed by atoms with van der Waals surface area (Å²) in [7, 11) is 0. The Kier molecular flexibility index (Phi) is 4.12. The molecule has 0 unspecified atom stereocenters. The number of para-hydroxylation sites is 1. The third kappa shape index (κ3) is 3.88. The zero-order chi connectivity index (χ0) is 14.6. The molecule has 0 atom stereocenters. The Morgan fingerprint density at radius 3 is 2.65 bits per heavy atom. The van der Waals surface area contributed by atoms with Crippen molar-refractivity contribution in [2.75, 3.05) is 5.32 Å². The molecule has 1 aromatic heterocycles. The van der Waals surface area contributed by atoms with Gasteiger partial charge in [0.1, 0.15) is 5.75 Å². The summed E-state index contributed by atoms with van der Waals surface area (Å²) in [6, 6.07) is 7.86. The quantitative estimate of drug-likeness (QED) is 0.923. The van der Waals surface area contributed by atoms with Crippen molar-refractivity contribution < 1.29 is 17.9 Å². The molecule has 0 saturated heterocycles. The molecule has 20 heavy (non-hydrogen) atoms. The Morgan fingerprint density at radius 2 is 1.95 bits per heavy atom. The minimum absolute atomic E-state index is 0.200. The van der Waals surface area contributed by atoms with Crippen molar-refractivity contribution in [1.82, 2.24) is 4.98 Å². The van der Waals surface area contributed by atoms with Crippen LogP contribution in [0.25, 0.3) is 0 Å². The highest BCUT2D eigenvalue weighted by atomic mass is 19.4. The fraction of sp³-hybridized carbons (Fsp3) is 0.214. The maximum Gasteiger partial charge on any atom is 0.573 e. The molecule has 0 aliphatic heterocycles. The van der Waals surface area contributed by atoms with E-state index in [0.29, 0.717) is 5.56 Å². The van der Waals surface area contributed by atoms with Crippen molar-refractivity contribution in [3.8, 4) is 5.75 Å². The summed E-state index contributed by atoms with van der Waals surface area (Å²) in [4.78, 5) is 3.97. The van der Waals surface area contributed by atoms with Crippen molar-refractivity contribution in [2.45, 2.75) is 19.8 Å². The van der Waals surface area contributed by atoms with Gasteiger partial charge in [-0.2, -0.15) is 0 Å². The van der Waals surface area contributed by atoms with Crippen LogP contribution in [-0.4, -0.2) is 11.3 Å². The second-order valence-electron chi connectivity index (χ2n) is 4.20. The van der Waals surface area contributed by atoms with Gasteiger partial charge < -0.3 is 10.1 Å². The standard InChI is InChI=1S/C14H13F3N2O/c1-10-6-7-18-9-12(10)19-8-11-4-2-3-5-13(11)20-14(15,16)17/h2-7,9,19H,8H2,1H3. The number of benzene rings is 1. The lowest BCUT2D eigenvalue weighted by Crippen LogP contribution is -2.18. The van der Waals surface area contributed by atoms with Gasteiger partial charge in [0.25, 0.3) is 0 Å². The van der Waals surface area contributed by atoms with Gasteiger partial charge in [-0.25, -0.2) is 0 Å². The van der Waals surface area contributed by atoms with Gasteiger partial charge in [-0.1, -0.05) is 18.2 Å². The lowest BCUT2D eigenvalue weighted by atomic mass is 10.2. The molecule has 0 fully saturated rings. The van der Waals surface area contributed by atoms with E-state index in [4.69, 9.17) is 0 Å². The topological polar surface area (TPSA) is 34.2 Å². The Morgan fingerprint density at radius 1 is 1.20 bits per heavy atom. The smallest absolute Gasteiger partial charge is 0.405 e. The van der Waals surface area contributed by atoms with Gasteiger partial charge in [0.2, 0.25) is 0 Å². The maximum absolute atomic E-state index is 12.3. The lowest BCUT2D eigenvalue weighted by molar-refractivity contribution is -0.274. The summed E-state index contributed by atoms with van der Waals surface area (Å²) in [6.45, 7) is 2.11. The number of aryl methyl sites for hydroxylation is 1. The van der Waals surface area contributed by atoms with E-state index in [0.717, 1.165) is 11.3 Å². The SMILES string of the molecule is Cc1ccncc1NCc1ccccc1OC(F)(F)F. The highest BCUT2D eigenvalue weighted by Gasteiger charge is 2.31. The molecule has 0 bridgehead atoms. The number of nitrogens with one attached hydrogen (secondary N) is 1. The molecule has 1 heterocycles. The van der Waals surface area contributed by atoms with E-state index in [-0.39, 0.29) is 12.3 Å². The fourth-order valence-electron chi connectivity index (χ4n) is 1.71. The van der Waals surface area contributed by atoms with Crippen LogP contribution in [0.4, 0.5) is 18.9 Å². The van der Waals surface area contributed by atoms with Crippen molar-refractivity contribution in [3.05, 3.63) is 53.9 Å². The number of anilines is 1.